The minimum absolute atomic E-state index is 0.0836. The normalized spacial score (nSPS) is 12.7. The number of benzene rings is 2. The van der Waals surface area contributed by atoms with E-state index in [0.29, 0.717) is 22.5 Å². The molecule has 9 nitrogen and oxygen atoms in total. The number of aryl methyl sites for hydroxylation is 1. The Hall–Kier alpha value is -4.29. The Morgan fingerprint density at radius 2 is 1.78 bits per heavy atom. The number of rotatable bonds is 5. The van der Waals surface area contributed by atoms with Crippen LogP contribution in [-0.4, -0.2) is 28.2 Å². The first-order chi connectivity index (χ1) is 15.2. The van der Waals surface area contributed by atoms with Gasteiger partial charge in [0.25, 0.3) is 0 Å². The summed E-state index contributed by atoms with van der Waals surface area (Å²) in [5, 5.41) is 17.5. The van der Waals surface area contributed by atoms with Crippen LogP contribution in [-0.2, 0) is 10.3 Å². The highest BCUT2D eigenvalue weighted by Gasteiger charge is 2.23. The van der Waals surface area contributed by atoms with Crippen molar-refractivity contribution in [1.82, 2.24) is 9.97 Å². The highest BCUT2D eigenvalue weighted by atomic mass is 16.5. The van der Waals surface area contributed by atoms with E-state index in [1.54, 1.807) is 38.3 Å². The molecule has 1 atom stereocenters. The standard InChI is InChI=1S/C23H22N6O3/c1-14-12-18(8-9-19(14)21(30)31)29-28-17-6-4-16(5-7-17)23(2,32-3)11-10-15-13-26-22(25)27-20(15)24/h4-9,12-13H,1-3H3,(H,30,31)(H4,24,25,26,27). The number of nitrogen functional groups attached to an aromatic ring is 2. The number of hydrogen-bond acceptors (Lipinski definition) is 8. The van der Waals surface area contributed by atoms with Gasteiger partial charge in [-0.3, -0.25) is 0 Å². The van der Waals surface area contributed by atoms with Crippen LogP contribution < -0.4 is 11.5 Å². The Morgan fingerprint density at radius 3 is 2.38 bits per heavy atom. The lowest BCUT2D eigenvalue weighted by Crippen LogP contribution is -2.22. The topological polar surface area (TPSA) is 149 Å². The number of aromatic nitrogens is 2. The number of carboxylic acids is 1. The van der Waals surface area contributed by atoms with E-state index in [1.807, 2.05) is 19.1 Å². The van der Waals surface area contributed by atoms with Crippen molar-refractivity contribution in [2.75, 3.05) is 18.6 Å². The van der Waals surface area contributed by atoms with Crippen molar-refractivity contribution in [2.24, 2.45) is 10.2 Å². The van der Waals surface area contributed by atoms with E-state index in [4.69, 9.17) is 21.3 Å². The molecule has 5 N–H and O–H groups in total. The number of hydrogen-bond donors (Lipinski definition) is 3. The van der Waals surface area contributed by atoms with Crippen molar-refractivity contribution >= 4 is 29.1 Å². The maximum absolute atomic E-state index is 11.1. The summed E-state index contributed by atoms with van der Waals surface area (Å²) in [6, 6.07) is 12.1. The molecule has 0 aliphatic rings. The first-order valence-corrected chi connectivity index (χ1v) is 9.54. The van der Waals surface area contributed by atoms with E-state index >= 15 is 0 Å². The van der Waals surface area contributed by atoms with Gasteiger partial charge in [0.1, 0.15) is 5.82 Å². The summed E-state index contributed by atoms with van der Waals surface area (Å²) in [7, 11) is 1.56. The van der Waals surface area contributed by atoms with Crippen molar-refractivity contribution in [2.45, 2.75) is 19.4 Å². The highest BCUT2D eigenvalue weighted by molar-refractivity contribution is 5.89. The third-order valence-corrected chi connectivity index (χ3v) is 4.82. The molecule has 9 heteroatoms. The van der Waals surface area contributed by atoms with Crippen LogP contribution in [0.5, 0.6) is 0 Å². The Bertz CT molecular complexity index is 1240. The second kappa shape index (κ2) is 9.24. The second-order valence-corrected chi connectivity index (χ2v) is 7.07. The van der Waals surface area contributed by atoms with Crippen molar-refractivity contribution in [1.29, 1.82) is 0 Å². The van der Waals surface area contributed by atoms with Gasteiger partial charge in [-0.2, -0.15) is 15.2 Å². The lowest BCUT2D eigenvalue weighted by Gasteiger charge is -2.22. The van der Waals surface area contributed by atoms with E-state index < -0.39 is 11.6 Å². The smallest absolute Gasteiger partial charge is 0.335 e. The summed E-state index contributed by atoms with van der Waals surface area (Å²) in [6.45, 7) is 3.55. The van der Waals surface area contributed by atoms with E-state index in [-0.39, 0.29) is 17.3 Å². The van der Waals surface area contributed by atoms with E-state index in [1.165, 1.54) is 12.3 Å². The van der Waals surface area contributed by atoms with Crippen LogP contribution in [0.1, 0.15) is 34.0 Å². The van der Waals surface area contributed by atoms with Gasteiger partial charge in [0.15, 0.2) is 5.60 Å². The van der Waals surface area contributed by atoms with Crippen molar-refractivity contribution in [3.05, 3.63) is 70.9 Å². The Kier molecular flexibility index (Phi) is 6.47. The zero-order valence-electron chi connectivity index (χ0n) is 17.8. The first kappa shape index (κ1) is 22.4. The lowest BCUT2D eigenvalue weighted by molar-refractivity contribution is 0.0552. The molecule has 0 radical (unpaired) electrons. The average Bonchev–Trinajstić information content (AvgIpc) is 2.77. The number of carbonyl (C=O) groups is 1. The molecule has 0 aliphatic carbocycles. The summed E-state index contributed by atoms with van der Waals surface area (Å²) in [5.74, 6) is 5.32. The fourth-order valence-corrected chi connectivity index (χ4v) is 2.84. The van der Waals surface area contributed by atoms with Crippen molar-refractivity contribution in [3.63, 3.8) is 0 Å². The van der Waals surface area contributed by atoms with Crippen LogP contribution in [0, 0.1) is 18.8 Å². The molecule has 3 rings (SSSR count). The number of ether oxygens (including phenoxy) is 1. The molecule has 32 heavy (non-hydrogen) atoms. The van der Waals surface area contributed by atoms with Crippen molar-refractivity contribution in [3.8, 4) is 11.8 Å². The largest absolute Gasteiger partial charge is 0.478 e. The highest BCUT2D eigenvalue weighted by Crippen LogP contribution is 2.27. The number of nitrogens with two attached hydrogens (primary N) is 2. The SMILES string of the molecule is COC(C)(C#Cc1cnc(N)nc1N)c1ccc(N=Nc2ccc(C(=O)O)c(C)c2)cc1. The quantitative estimate of drug-likeness (QED) is 0.409. The second-order valence-electron chi connectivity index (χ2n) is 7.07. The van der Waals surface area contributed by atoms with Crippen molar-refractivity contribution < 1.29 is 14.6 Å². The molecule has 162 valence electrons. The maximum atomic E-state index is 11.1. The number of nitrogens with zero attached hydrogens (tertiary/aromatic N) is 4. The fourth-order valence-electron chi connectivity index (χ4n) is 2.84. The molecule has 1 heterocycles. The zero-order chi connectivity index (χ0) is 23.3. The molecule has 1 unspecified atom stereocenters. The zero-order valence-corrected chi connectivity index (χ0v) is 17.8. The van der Waals surface area contributed by atoms with Gasteiger partial charge < -0.3 is 21.3 Å². The minimum Gasteiger partial charge on any atom is -0.478 e. The molecule has 0 aliphatic heterocycles. The molecule has 0 bridgehead atoms. The summed E-state index contributed by atoms with van der Waals surface area (Å²) >= 11 is 0. The molecule has 0 spiro atoms. The number of azo groups is 1. The molecular weight excluding hydrogens is 408 g/mol. The van der Waals surface area contributed by atoms with Gasteiger partial charge >= 0.3 is 5.97 Å². The van der Waals surface area contributed by atoms with Gasteiger partial charge in [0.05, 0.1) is 28.7 Å². The van der Waals surface area contributed by atoms with E-state index in [0.717, 1.165) is 5.56 Å². The molecule has 3 aromatic rings. The van der Waals surface area contributed by atoms with Gasteiger partial charge in [-0.25, -0.2) is 9.78 Å². The number of methoxy groups -OCH3 is 1. The van der Waals surface area contributed by atoms with Crippen LogP contribution in [0.2, 0.25) is 0 Å². The molecule has 2 aromatic carbocycles. The van der Waals surface area contributed by atoms with Crippen LogP contribution in [0.15, 0.2) is 58.9 Å². The van der Waals surface area contributed by atoms with Crippen LogP contribution in [0.4, 0.5) is 23.1 Å². The van der Waals surface area contributed by atoms with E-state index in [2.05, 4.69) is 32.0 Å². The van der Waals surface area contributed by atoms with Crippen LogP contribution in [0.3, 0.4) is 0 Å². The predicted molar refractivity (Wildman–Crippen MR) is 121 cm³/mol. The Labute approximate surface area is 185 Å². The molecule has 0 fully saturated rings. The minimum atomic E-state index is -0.975. The van der Waals surface area contributed by atoms with Crippen LogP contribution >= 0.6 is 0 Å². The summed E-state index contributed by atoms with van der Waals surface area (Å²) in [6.07, 6.45) is 1.47. The monoisotopic (exact) mass is 430 g/mol. The number of carboxylic acid groups (broad SMARTS) is 1. The summed E-state index contributed by atoms with van der Waals surface area (Å²) in [4.78, 5) is 18.9. The third-order valence-electron chi connectivity index (χ3n) is 4.82. The summed E-state index contributed by atoms with van der Waals surface area (Å²) < 4.78 is 5.64. The predicted octanol–water partition coefficient (Wildman–Crippen LogP) is 3.98. The van der Waals surface area contributed by atoms with E-state index in [9.17, 15) is 4.79 Å². The molecular formula is C23H22N6O3. The number of aromatic carboxylic acids is 1. The first-order valence-electron chi connectivity index (χ1n) is 9.54. The van der Waals surface area contributed by atoms with Gasteiger partial charge in [0.2, 0.25) is 5.95 Å². The molecule has 0 saturated heterocycles. The molecule has 0 saturated carbocycles. The lowest BCUT2D eigenvalue weighted by atomic mass is 9.95. The summed E-state index contributed by atoms with van der Waals surface area (Å²) in [5.41, 5.74) is 13.7. The number of anilines is 2. The average molecular weight is 430 g/mol. The molecule has 1 aromatic heterocycles. The Morgan fingerprint density at radius 1 is 1.12 bits per heavy atom. The maximum Gasteiger partial charge on any atom is 0.335 e. The fraction of sp³-hybridized carbons (Fsp3) is 0.174. The Balaban J connectivity index is 1.80. The van der Waals surface area contributed by atoms with Crippen LogP contribution in [0.25, 0.3) is 0 Å². The van der Waals surface area contributed by atoms with Gasteiger partial charge in [0, 0.05) is 7.11 Å². The van der Waals surface area contributed by atoms with Gasteiger partial charge in [-0.15, -0.1) is 0 Å². The van der Waals surface area contributed by atoms with Gasteiger partial charge in [-0.05, 0) is 55.3 Å². The molecule has 0 amide bonds. The van der Waals surface area contributed by atoms with Gasteiger partial charge in [-0.1, -0.05) is 24.0 Å². The third kappa shape index (κ3) is 5.06.